The van der Waals surface area contributed by atoms with Gasteiger partial charge in [0, 0.05) is 37.5 Å². The SMILES string of the molecule is Brc1ccc(C2N(c3ccc(Br)cc3)C=CCN2c2ccc(Br)cc2)cc1. The van der Waals surface area contributed by atoms with Gasteiger partial charge in [-0.2, -0.15) is 0 Å². The molecular weight excluding hydrogens is 532 g/mol. The molecule has 1 aliphatic rings. The molecule has 1 aliphatic heterocycles. The van der Waals surface area contributed by atoms with E-state index in [-0.39, 0.29) is 6.17 Å². The predicted octanol–water partition coefficient (Wildman–Crippen LogP) is 7.51. The van der Waals surface area contributed by atoms with Gasteiger partial charge in [-0.3, -0.25) is 0 Å². The standard InChI is InChI=1S/C22H17Br3N2/c23-17-4-2-16(3-5-17)22-26(20-10-6-18(24)7-11-20)14-1-15-27(22)21-12-8-19(25)9-13-21/h1-14,22H,15H2. The smallest absolute Gasteiger partial charge is 0.132 e. The number of rotatable bonds is 3. The van der Waals surface area contributed by atoms with Gasteiger partial charge >= 0.3 is 0 Å². The third-order valence-corrected chi connectivity index (χ3v) is 6.16. The van der Waals surface area contributed by atoms with Crippen LogP contribution >= 0.6 is 47.8 Å². The first kappa shape index (κ1) is 18.8. The first-order chi connectivity index (χ1) is 13.1. The van der Waals surface area contributed by atoms with Crippen LogP contribution in [-0.2, 0) is 0 Å². The average Bonchev–Trinajstić information content (AvgIpc) is 2.69. The molecule has 0 N–H and O–H groups in total. The second-order valence-electron chi connectivity index (χ2n) is 6.32. The Morgan fingerprint density at radius 3 is 1.67 bits per heavy atom. The maximum absolute atomic E-state index is 3.55. The summed E-state index contributed by atoms with van der Waals surface area (Å²) in [6.07, 6.45) is 4.47. The van der Waals surface area contributed by atoms with E-state index in [2.05, 4.69) is 143 Å². The lowest BCUT2D eigenvalue weighted by molar-refractivity contribution is 0.631. The summed E-state index contributed by atoms with van der Waals surface area (Å²) >= 11 is 10.6. The van der Waals surface area contributed by atoms with Crippen LogP contribution in [0.2, 0.25) is 0 Å². The lowest BCUT2D eigenvalue weighted by Crippen LogP contribution is -2.42. The fourth-order valence-electron chi connectivity index (χ4n) is 3.30. The van der Waals surface area contributed by atoms with Crippen molar-refractivity contribution in [3.8, 4) is 0 Å². The van der Waals surface area contributed by atoms with Gasteiger partial charge in [-0.15, -0.1) is 0 Å². The summed E-state index contributed by atoms with van der Waals surface area (Å²) in [5, 5.41) is 0. The molecule has 1 unspecified atom stereocenters. The molecular formula is C22H17Br3N2. The minimum absolute atomic E-state index is 0.0745. The number of benzene rings is 3. The third kappa shape index (κ3) is 4.15. The highest BCUT2D eigenvalue weighted by molar-refractivity contribution is 9.11. The highest BCUT2D eigenvalue weighted by Crippen LogP contribution is 2.37. The zero-order valence-electron chi connectivity index (χ0n) is 14.4. The van der Waals surface area contributed by atoms with E-state index in [0.717, 1.165) is 25.7 Å². The number of halogens is 3. The van der Waals surface area contributed by atoms with Gasteiger partial charge in [-0.05, 0) is 72.3 Å². The Kier molecular flexibility index (Phi) is 5.71. The summed E-state index contributed by atoms with van der Waals surface area (Å²) in [5.74, 6) is 0. The quantitative estimate of drug-likeness (QED) is 0.334. The Labute approximate surface area is 184 Å². The summed E-state index contributed by atoms with van der Waals surface area (Å²) in [6, 6.07) is 25.5. The second kappa shape index (κ2) is 8.21. The second-order valence-corrected chi connectivity index (χ2v) is 9.07. The van der Waals surface area contributed by atoms with E-state index in [9.17, 15) is 0 Å². The Balaban J connectivity index is 1.80. The van der Waals surface area contributed by atoms with Crippen molar-refractivity contribution in [2.45, 2.75) is 6.17 Å². The minimum Gasteiger partial charge on any atom is -0.343 e. The molecule has 0 saturated heterocycles. The van der Waals surface area contributed by atoms with Gasteiger partial charge in [0.1, 0.15) is 6.17 Å². The molecule has 3 aromatic carbocycles. The van der Waals surface area contributed by atoms with Gasteiger partial charge in [0.15, 0.2) is 0 Å². The van der Waals surface area contributed by atoms with Crippen molar-refractivity contribution in [1.82, 2.24) is 0 Å². The van der Waals surface area contributed by atoms with Crippen molar-refractivity contribution >= 4 is 59.2 Å². The van der Waals surface area contributed by atoms with E-state index in [1.807, 2.05) is 0 Å². The van der Waals surface area contributed by atoms with Crippen LogP contribution in [0.15, 0.2) is 98.5 Å². The van der Waals surface area contributed by atoms with Gasteiger partial charge in [0.05, 0.1) is 0 Å². The van der Waals surface area contributed by atoms with E-state index < -0.39 is 0 Å². The van der Waals surface area contributed by atoms with Crippen molar-refractivity contribution in [2.24, 2.45) is 0 Å². The molecule has 0 radical (unpaired) electrons. The molecule has 0 fully saturated rings. The topological polar surface area (TPSA) is 6.48 Å². The molecule has 0 aliphatic carbocycles. The Morgan fingerprint density at radius 1 is 0.630 bits per heavy atom. The van der Waals surface area contributed by atoms with E-state index in [1.54, 1.807) is 0 Å². The molecule has 1 heterocycles. The van der Waals surface area contributed by atoms with Gasteiger partial charge < -0.3 is 9.80 Å². The molecule has 5 heteroatoms. The molecule has 2 nitrogen and oxygen atoms in total. The number of nitrogens with zero attached hydrogens (tertiary/aromatic N) is 2. The van der Waals surface area contributed by atoms with Crippen LogP contribution < -0.4 is 9.80 Å². The van der Waals surface area contributed by atoms with Crippen LogP contribution in [0, 0.1) is 0 Å². The van der Waals surface area contributed by atoms with Crippen molar-refractivity contribution < 1.29 is 0 Å². The van der Waals surface area contributed by atoms with Crippen molar-refractivity contribution in [3.63, 3.8) is 0 Å². The summed E-state index contributed by atoms with van der Waals surface area (Å²) in [5.41, 5.74) is 3.59. The predicted molar refractivity (Wildman–Crippen MR) is 124 cm³/mol. The minimum atomic E-state index is 0.0745. The number of hydrogen-bond donors (Lipinski definition) is 0. The van der Waals surface area contributed by atoms with Crippen molar-refractivity contribution in [2.75, 3.05) is 16.3 Å². The first-order valence-corrected chi connectivity index (χ1v) is 11.0. The van der Waals surface area contributed by atoms with E-state index in [0.29, 0.717) is 0 Å². The summed E-state index contributed by atoms with van der Waals surface area (Å²) in [6.45, 7) is 0.857. The normalized spacial score (nSPS) is 16.6. The number of anilines is 2. The molecule has 0 saturated carbocycles. The largest absolute Gasteiger partial charge is 0.343 e. The van der Waals surface area contributed by atoms with Gasteiger partial charge in [0.2, 0.25) is 0 Å². The maximum atomic E-state index is 3.55. The van der Waals surface area contributed by atoms with Crippen LogP contribution in [0.5, 0.6) is 0 Å². The monoisotopic (exact) mass is 546 g/mol. The van der Waals surface area contributed by atoms with Gasteiger partial charge in [0.25, 0.3) is 0 Å². The maximum Gasteiger partial charge on any atom is 0.132 e. The van der Waals surface area contributed by atoms with Crippen molar-refractivity contribution in [1.29, 1.82) is 0 Å². The molecule has 1 atom stereocenters. The van der Waals surface area contributed by atoms with E-state index >= 15 is 0 Å². The fourth-order valence-corrected chi connectivity index (χ4v) is 4.09. The van der Waals surface area contributed by atoms with Crippen molar-refractivity contribution in [3.05, 3.63) is 104 Å². The summed E-state index contributed by atoms with van der Waals surface area (Å²) < 4.78 is 3.25. The molecule has 0 amide bonds. The molecule has 0 aromatic heterocycles. The molecule has 0 spiro atoms. The first-order valence-electron chi connectivity index (χ1n) is 8.60. The highest BCUT2D eigenvalue weighted by atomic mass is 79.9. The summed E-state index contributed by atoms with van der Waals surface area (Å²) in [4.78, 5) is 4.74. The zero-order chi connectivity index (χ0) is 18.8. The van der Waals surface area contributed by atoms with Gasteiger partial charge in [-0.1, -0.05) is 59.9 Å². The van der Waals surface area contributed by atoms with E-state index in [1.165, 1.54) is 11.3 Å². The van der Waals surface area contributed by atoms with Crippen LogP contribution in [-0.4, -0.2) is 6.54 Å². The lowest BCUT2D eigenvalue weighted by atomic mass is 10.1. The highest BCUT2D eigenvalue weighted by Gasteiger charge is 2.28. The Bertz CT molecular complexity index is 935. The lowest BCUT2D eigenvalue weighted by Gasteiger charge is -2.43. The van der Waals surface area contributed by atoms with Crippen LogP contribution in [0.1, 0.15) is 11.7 Å². The fraction of sp³-hybridized carbons (Fsp3) is 0.0909. The molecule has 27 heavy (non-hydrogen) atoms. The summed E-state index contributed by atoms with van der Waals surface area (Å²) in [7, 11) is 0. The van der Waals surface area contributed by atoms with E-state index in [4.69, 9.17) is 0 Å². The Hall–Kier alpha value is -1.56. The average molecular weight is 549 g/mol. The van der Waals surface area contributed by atoms with Crippen LogP contribution in [0.4, 0.5) is 11.4 Å². The molecule has 136 valence electrons. The third-order valence-electron chi connectivity index (χ3n) is 4.58. The Morgan fingerprint density at radius 2 is 1.11 bits per heavy atom. The molecule has 0 bridgehead atoms. The van der Waals surface area contributed by atoms with Gasteiger partial charge in [-0.25, -0.2) is 0 Å². The number of hydrogen-bond acceptors (Lipinski definition) is 2. The molecule has 4 rings (SSSR count). The van der Waals surface area contributed by atoms with Crippen LogP contribution in [0.3, 0.4) is 0 Å². The zero-order valence-corrected chi connectivity index (χ0v) is 19.2. The van der Waals surface area contributed by atoms with Crippen LogP contribution in [0.25, 0.3) is 0 Å². The molecule has 3 aromatic rings.